The van der Waals surface area contributed by atoms with Crippen LogP contribution in [0.3, 0.4) is 0 Å². The van der Waals surface area contributed by atoms with Crippen molar-refractivity contribution in [1.82, 2.24) is 0 Å². The Hall–Kier alpha value is -8.14. The summed E-state index contributed by atoms with van der Waals surface area (Å²) in [6.07, 6.45) is 0. The van der Waals surface area contributed by atoms with Gasteiger partial charge in [-0.1, -0.05) is 164 Å². The van der Waals surface area contributed by atoms with Crippen LogP contribution in [0.5, 0.6) is 0 Å². The summed E-state index contributed by atoms with van der Waals surface area (Å²) >= 11 is 0. The molecule has 0 atom stereocenters. The molecule has 0 N–H and O–H groups in total. The highest BCUT2D eigenvalue weighted by atomic mass is 16.3. The molecule has 0 spiro atoms. The molecule has 0 aliphatic heterocycles. The van der Waals surface area contributed by atoms with E-state index in [1.165, 1.54) is 33.0 Å². The minimum atomic E-state index is 0.883. The Balaban J connectivity index is 0.948. The summed E-state index contributed by atoms with van der Waals surface area (Å²) in [6.45, 7) is 0. The third-order valence-electron chi connectivity index (χ3n) is 11.7. The lowest BCUT2D eigenvalue weighted by atomic mass is 10.0. The predicted molar refractivity (Wildman–Crippen MR) is 257 cm³/mol. The Kier molecular flexibility index (Phi) is 9.18. The molecule has 0 fully saturated rings. The van der Waals surface area contributed by atoms with Crippen molar-refractivity contribution in [2.45, 2.75) is 0 Å². The summed E-state index contributed by atoms with van der Waals surface area (Å²) in [6, 6.07) is 86.6. The van der Waals surface area contributed by atoms with Crippen molar-refractivity contribution in [3.8, 4) is 33.4 Å². The topological polar surface area (TPSA) is 19.6 Å². The van der Waals surface area contributed by atoms with Gasteiger partial charge in [0.2, 0.25) is 0 Å². The lowest BCUT2D eigenvalue weighted by Crippen LogP contribution is -2.10. The molecule has 3 nitrogen and oxygen atoms in total. The summed E-state index contributed by atoms with van der Waals surface area (Å²) in [5.41, 5.74) is 15.4. The number of fused-ring (bicyclic) bond motifs is 4. The predicted octanol–water partition coefficient (Wildman–Crippen LogP) is 16.7. The van der Waals surface area contributed by atoms with Gasteiger partial charge in [0.25, 0.3) is 0 Å². The zero-order chi connectivity index (χ0) is 40.5. The zero-order valence-corrected chi connectivity index (χ0v) is 33.4. The van der Waals surface area contributed by atoms with Gasteiger partial charge in [-0.2, -0.15) is 0 Å². The highest BCUT2D eigenvalue weighted by Crippen LogP contribution is 2.43. The van der Waals surface area contributed by atoms with Crippen molar-refractivity contribution < 1.29 is 4.42 Å². The van der Waals surface area contributed by atoms with Crippen LogP contribution in [0.1, 0.15) is 0 Å². The number of para-hydroxylation sites is 1. The van der Waals surface area contributed by atoms with E-state index < -0.39 is 0 Å². The molecule has 0 aliphatic rings. The Morgan fingerprint density at radius 3 is 1.18 bits per heavy atom. The molecule has 0 aliphatic carbocycles. The van der Waals surface area contributed by atoms with Gasteiger partial charge in [0, 0.05) is 44.6 Å². The molecular formula is C58H40N2O. The second-order valence-electron chi connectivity index (χ2n) is 15.4. The second kappa shape index (κ2) is 15.6. The number of hydrogen-bond acceptors (Lipinski definition) is 3. The molecule has 0 saturated heterocycles. The van der Waals surface area contributed by atoms with Gasteiger partial charge in [-0.25, -0.2) is 0 Å². The Labute approximate surface area is 355 Å². The van der Waals surface area contributed by atoms with Crippen molar-refractivity contribution in [3.05, 3.63) is 243 Å². The van der Waals surface area contributed by atoms with Gasteiger partial charge in [0.15, 0.2) is 0 Å². The maximum absolute atomic E-state index is 6.23. The van der Waals surface area contributed by atoms with Crippen molar-refractivity contribution in [1.29, 1.82) is 0 Å². The van der Waals surface area contributed by atoms with E-state index in [1.54, 1.807) is 0 Å². The van der Waals surface area contributed by atoms with Crippen molar-refractivity contribution >= 4 is 66.8 Å². The lowest BCUT2D eigenvalue weighted by Gasteiger charge is -2.27. The molecule has 61 heavy (non-hydrogen) atoms. The smallest absolute Gasteiger partial charge is 0.135 e. The maximum atomic E-state index is 6.23. The number of benzene rings is 10. The Bertz CT molecular complexity index is 3180. The number of rotatable bonds is 9. The molecule has 10 aromatic carbocycles. The molecule has 1 heterocycles. The first-order valence-electron chi connectivity index (χ1n) is 20.7. The third kappa shape index (κ3) is 6.88. The van der Waals surface area contributed by atoms with E-state index in [9.17, 15) is 0 Å². The average molecular weight is 781 g/mol. The molecule has 3 heteroatoms. The standard InChI is InChI=1S/C58H40N2O/c1-3-12-41(13-4-1)43-22-30-48(31-23-43)59(49-32-24-44(25-33-49)42-14-5-2-6-15-42)50-34-26-45(27-35-50)46-28-36-51(37-29-46)60(56-20-11-17-47-16-7-8-18-53(47)56)52-38-39-58-55(40-52)54-19-9-10-21-57(54)61-58/h1-40H. The Morgan fingerprint density at radius 1 is 0.246 bits per heavy atom. The average Bonchev–Trinajstić information content (AvgIpc) is 3.71. The van der Waals surface area contributed by atoms with Crippen LogP contribution in [0.2, 0.25) is 0 Å². The molecule has 0 saturated carbocycles. The largest absolute Gasteiger partial charge is 0.456 e. The molecule has 0 bridgehead atoms. The van der Waals surface area contributed by atoms with Crippen LogP contribution < -0.4 is 9.80 Å². The number of hydrogen-bond donors (Lipinski definition) is 0. The van der Waals surface area contributed by atoms with E-state index in [-0.39, 0.29) is 0 Å². The van der Waals surface area contributed by atoms with Crippen molar-refractivity contribution in [2.75, 3.05) is 9.80 Å². The minimum absolute atomic E-state index is 0.883. The zero-order valence-electron chi connectivity index (χ0n) is 33.4. The molecule has 0 amide bonds. The molecular weight excluding hydrogens is 741 g/mol. The minimum Gasteiger partial charge on any atom is -0.456 e. The van der Waals surface area contributed by atoms with Gasteiger partial charge in [0.05, 0.1) is 5.69 Å². The molecule has 11 rings (SSSR count). The Morgan fingerprint density at radius 2 is 0.639 bits per heavy atom. The summed E-state index contributed by atoms with van der Waals surface area (Å²) in [4.78, 5) is 4.69. The van der Waals surface area contributed by atoms with Crippen LogP contribution in [0.15, 0.2) is 247 Å². The van der Waals surface area contributed by atoms with Crippen molar-refractivity contribution in [2.24, 2.45) is 0 Å². The fraction of sp³-hybridized carbons (Fsp3) is 0. The quantitative estimate of drug-likeness (QED) is 0.145. The van der Waals surface area contributed by atoms with E-state index in [1.807, 2.05) is 12.1 Å². The molecule has 11 aromatic rings. The van der Waals surface area contributed by atoms with Crippen LogP contribution in [0.4, 0.5) is 34.1 Å². The van der Waals surface area contributed by atoms with E-state index in [0.717, 1.165) is 67.2 Å². The van der Waals surface area contributed by atoms with E-state index in [4.69, 9.17) is 4.42 Å². The highest BCUT2D eigenvalue weighted by molar-refractivity contribution is 6.07. The molecule has 1 aromatic heterocycles. The first-order valence-corrected chi connectivity index (χ1v) is 20.7. The van der Waals surface area contributed by atoms with Crippen LogP contribution in [0.25, 0.3) is 66.1 Å². The second-order valence-corrected chi connectivity index (χ2v) is 15.4. The fourth-order valence-corrected chi connectivity index (χ4v) is 8.60. The maximum Gasteiger partial charge on any atom is 0.135 e. The summed E-state index contributed by atoms with van der Waals surface area (Å²) < 4.78 is 6.23. The normalized spacial score (nSPS) is 11.3. The van der Waals surface area contributed by atoms with Crippen LogP contribution in [-0.2, 0) is 0 Å². The first kappa shape index (κ1) is 36.0. The number of anilines is 6. The van der Waals surface area contributed by atoms with E-state index >= 15 is 0 Å². The lowest BCUT2D eigenvalue weighted by molar-refractivity contribution is 0.669. The van der Waals surface area contributed by atoms with Gasteiger partial charge in [-0.3, -0.25) is 0 Å². The van der Waals surface area contributed by atoms with Crippen LogP contribution in [0, 0.1) is 0 Å². The van der Waals surface area contributed by atoms with Gasteiger partial charge >= 0.3 is 0 Å². The van der Waals surface area contributed by atoms with Crippen LogP contribution >= 0.6 is 0 Å². The monoisotopic (exact) mass is 780 g/mol. The molecule has 288 valence electrons. The number of furan rings is 1. The van der Waals surface area contributed by atoms with E-state index in [2.05, 4.69) is 240 Å². The summed E-state index contributed by atoms with van der Waals surface area (Å²) in [5, 5.41) is 4.60. The van der Waals surface area contributed by atoms with E-state index in [0.29, 0.717) is 0 Å². The van der Waals surface area contributed by atoms with Gasteiger partial charge in [-0.05, 0) is 118 Å². The van der Waals surface area contributed by atoms with Gasteiger partial charge < -0.3 is 14.2 Å². The molecule has 0 unspecified atom stereocenters. The highest BCUT2D eigenvalue weighted by Gasteiger charge is 2.19. The van der Waals surface area contributed by atoms with Gasteiger partial charge in [-0.15, -0.1) is 0 Å². The SMILES string of the molecule is c1ccc(-c2ccc(N(c3ccc(-c4ccccc4)cc3)c3ccc(-c4ccc(N(c5ccc6oc7ccccc7c6c5)c5cccc6ccccc56)cc4)cc3)cc2)cc1. The number of nitrogens with zero attached hydrogens (tertiary/aromatic N) is 2. The summed E-state index contributed by atoms with van der Waals surface area (Å²) in [7, 11) is 0. The van der Waals surface area contributed by atoms with Gasteiger partial charge in [0.1, 0.15) is 11.2 Å². The fourth-order valence-electron chi connectivity index (χ4n) is 8.60. The molecule has 0 radical (unpaired) electrons. The summed E-state index contributed by atoms with van der Waals surface area (Å²) in [5.74, 6) is 0. The van der Waals surface area contributed by atoms with Crippen molar-refractivity contribution in [3.63, 3.8) is 0 Å². The third-order valence-corrected chi connectivity index (χ3v) is 11.7. The first-order chi connectivity index (χ1) is 30.2. The van der Waals surface area contributed by atoms with Crippen LogP contribution in [-0.4, -0.2) is 0 Å².